The molecule has 0 aromatic carbocycles. The van der Waals surface area contributed by atoms with E-state index in [4.69, 9.17) is 4.74 Å². The first-order chi connectivity index (χ1) is 5.84. The average molecular weight is 185 g/mol. The van der Waals surface area contributed by atoms with Crippen molar-refractivity contribution in [2.75, 3.05) is 6.54 Å². The summed E-state index contributed by atoms with van der Waals surface area (Å²) in [6.45, 7) is 7.54. The summed E-state index contributed by atoms with van der Waals surface area (Å²) in [7, 11) is 0. The van der Waals surface area contributed by atoms with Gasteiger partial charge >= 0.3 is 6.09 Å². The second-order valence-corrected chi connectivity index (χ2v) is 4.19. The van der Waals surface area contributed by atoms with Crippen LogP contribution in [0, 0.1) is 5.92 Å². The van der Waals surface area contributed by atoms with Crippen LogP contribution < -0.4 is 0 Å². The largest absolute Gasteiger partial charge is 0.433 e. The molecule has 2 amide bonds. The van der Waals surface area contributed by atoms with E-state index in [2.05, 4.69) is 0 Å². The van der Waals surface area contributed by atoms with E-state index in [0.717, 1.165) is 0 Å². The summed E-state index contributed by atoms with van der Waals surface area (Å²) < 4.78 is 4.91. The summed E-state index contributed by atoms with van der Waals surface area (Å²) in [6.07, 6.45) is -0.524. The van der Waals surface area contributed by atoms with Gasteiger partial charge in [0, 0.05) is 6.54 Å². The third-order valence-corrected chi connectivity index (χ3v) is 1.87. The summed E-state index contributed by atoms with van der Waals surface area (Å²) in [5.41, 5.74) is -0.980. The Labute approximate surface area is 77.8 Å². The maximum atomic E-state index is 11.6. The molecular weight excluding hydrogens is 170 g/mol. The van der Waals surface area contributed by atoms with Gasteiger partial charge in [-0.15, -0.1) is 0 Å². The SMILES string of the molecule is CC(C)CN1C(=O)OC(C)(C)C1=O. The van der Waals surface area contributed by atoms with Crippen molar-refractivity contribution >= 4 is 12.0 Å². The fourth-order valence-electron chi connectivity index (χ4n) is 1.25. The molecule has 0 unspecified atom stereocenters. The minimum Gasteiger partial charge on any atom is -0.433 e. The molecule has 0 atom stereocenters. The Balaban J connectivity index is 2.77. The van der Waals surface area contributed by atoms with Gasteiger partial charge in [0.1, 0.15) is 0 Å². The highest BCUT2D eigenvalue weighted by Crippen LogP contribution is 2.23. The van der Waals surface area contributed by atoms with Crippen molar-refractivity contribution in [1.82, 2.24) is 4.90 Å². The van der Waals surface area contributed by atoms with E-state index in [0.29, 0.717) is 6.54 Å². The van der Waals surface area contributed by atoms with E-state index < -0.39 is 11.7 Å². The number of nitrogens with zero attached hydrogens (tertiary/aromatic N) is 1. The Morgan fingerprint density at radius 2 is 1.92 bits per heavy atom. The molecule has 0 aromatic heterocycles. The summed E-state index contributed by atoms with van der Waals surface area (Å²) in [5.74, 6) is 0.0246. The van der Waals surface area contributed by atoms with Crippen molar-refractivity contribution in [1.29, 1.82) is 0 Å². The molecule has 74 valence electrons. The standard InChI is InChI=1S/C9H15NO3/c1-6(2)5-10-7(11)9(3,4)13-8(10)12/h6H,5H2,1-4H3. The van der Waals surface area contributed by atoms with Gasteiger partial charge in [-0.3, -0.25) is 4.79 Å². The maximum absolute atomic E-state index is 11.6. The molecule has 0 N–H and O–H groups in total. The minimum absolute atomic E-state index is 0.244. The van der Waals surface area contributed by atoms with E-state index in [1.807, 2.05) is 13.8 Å². The molecule has 1 aliphatic heterocycles. The summed E-state index contributed by atoms with van der Waals surface area (Å²) in [4.78, 5) is 23.9. The van der Waals surface area contributed by atoms with E-state index >= 15 is 0 Å². The molecule has 0 bridgehead atoms. The molecule has 0 aliphatic carbocycles. The molecule has 1 fully saturated rings. The minimum atomic E-state index is -0.980. The van der Waals surface area contributed by atoms with E-state index in [9.17, 15) is 9.59 Å². The highest BCUT2D eigenvalue weighted by Gasteiger charge is 2.46. The number of cyclic esters (lactones) is 1. The lowest BCUT2D eigenvalue weighted by molar-refractivity contribution is -0.134. The fraction of sp³-hybridized carbons (Fsp3) is 0.778. The molecule has 4 nitrogen and oxygen atoms in total. The van der Waals surface area contributed by atoms with Gasteiger partial charge in [-0.25, -0.2) is 9.69 Å². The number of imide groups is 1. The van der Waals surface area contributed by atoms with Crippen molar-refractivity contribution in [3.05, 3.63) is 0 Å². The molecule has 1 saturated heterocycles. The van der Waals surface area contributed by atoms with E-state index in [1.54, 1.807) is 13.8 Å². The molecule has 13 heavy (non-hydrogen) atoms. The van der Waals surface area contributed by atoms with Crippen molar-refractivity contribution in [3.8, 4) is 0 Å². The lowest BCUT2D eigenvalue weighted by Crippen LogP contribution is -2.38. The Bertz CT molecular complexity index is 245. The molecule has 0 saturated carbocycles. The Morgan fingerprint density at radius 1 is 1.38 bits per heavy atom. The Morgan fingerprint density at radius 3 is 2.23 bits per heavy atom. The van der Waals surface area contributed by atoms with Gasteiger partial charge in [0.05, 0.1) is 0 Å². The van der Waals surface area contributed by atoms with Crippen LogP contribution in [0.15, 0.2) is 0 Å². The first-order valence-corrected chi connectivity index (χ1v) is 4.39. The van der Waals surface area contributed by atoms with Crippen molar-refractivity contribution in [2.45, 2.75) is 33.3 Å². The first-order valence-electron chi connectivity index (χ1n) is 4.39. The number of hydrogen-bond acceptors (Lipinski definition) is 3. The molecule has 0 radical (unpaired) electrons. The third kappa shape index (κ3) is 1.82. The first kappa shape index (κ1) is 10.0. The van der Waals surface area contributed by atoms with Gasteiger partial charge in [0.2, 0.25) is 0 Å². The zero-order valence-electron chi connectivity index (χ0n) is 8.46. The molecule has 1 aliphatic rings. The van der Waals surface area contributed by atoms with Crippen LogP contribution in [0.1, 0.15) is 27.7 Å². The molecule has 1 rings (SSSR count). The molecule has 0 aromatic rings. The lowest BCUT2D eigenvalue weighted by atomic mass is 10.1. The van der Waals surface area contributed by atoms with Gasteiger partial charge in [-0.1, -0.05) is 13.8 Å². The van der Waals surface area contributed by atoms with Crippen LogP contribution in [0.25, 0.3) is 0 Å². The summed E-state index contributed by atoms with van der Waals surface area (Å²) in [6, 6.07) is 0. The van der Waals surface area contributed by atoms with Crippen molar-refractivity contribution in [3.63, 3.8) is 0 Å². The van der Waals surface area contributed by atoms with Gasteiger partial charge in [0.25, 0.3) is 5.91 Å². The average Bonchev–Trinajstić information content (AvgIpc) is 2.12. The fourth-order valence-corrected chi connectivity index (χ4v) is 1.25. The van der Waals surface area contributed by atoms with Gasteiger partial charge in [0.15, 0.2) is 5.60 Å². The van der Waals surface area contributed by atoms with Gasteiger partial charge in [-0.2, -0.15) is 0 Å². The number of hydrogen-bond donors (Lipinski definition) is 0. The predicted molar refractivity (Wildman–Crippen MR) is 47.1 cm³/mol. The zero-order valence-corrected chi connectivity index (χ0v) is 8.46. The number of ether oxygens (including phenoxy) is 1. The van der Waals surface area contributed by atoms with Crippen LogP contribution in [0.2, 0.25) is 0 Å². The smallest absolute Gasteiger partial charge is 0.417 e. The normalized spacial score (nSPS) is 21.2. The predicted octanol–water partition coefficient (Wildman–Crippen LogP) is 1.40. The second-order valence-electron chi connectivity index (χ2n) is 4.19. The van der Waals surface area contributed by atoms with Gasteiger partial charge in [-0.05, 0) is 19.8 Å². The van der Waals surface area contributed by atoms with E-state index in [-0.39, 0.29) is 11.8 Å². The number of rotatable bonds is 2. The van der Waals surface area contributed by atoms with Crippen molar-refractivity contribution in [2.24, 2.45) is 5.92 Å². The highest BCUT2D eigenvalue weighted by molar-refractivity contribution is 6.02. The third-order valence-electron chi connectivity index (χ3n) is 1.87. The highest BCUT2D eigenvalue weighted by atomic mass is 16.6. The maximum Gasteiger partial charge on any atom is 0.417 e. The number of carbonyl (C=O) groups excluding carboxylic acids is 2. The zero-order chi connectivity index (χ0) is 10.2. The Kier molecular flexibility index (Phi) is 2.32. The number of carbonyl (C=O) groups is 2. The topological polar surface area (TPSA) is 46.6 Å². The second kappa shape index (κ2) is 3.01. The lowest BCUT2D eigenvalue weighted by Gasteiger charge is -2.15. The Hall–Kier alpha value is -1.06. The molecule has 0 spiro atoms. The van der Waals surface area contributed by atoms with Crippen LogP contribution in [-0.2, 0) is 9.53 Å². The van der Waals surface area contributed by atoms with Gasteiger partial charge < -0.3 is 4.74 Å². The number of amides is 2. The van der Waals surface area contributed by atoms with Crippen LogP contribution in [0.3, 0.4) is 0 Å². The summed E-state index contributed by atoms with van der Waals surface area (Å²) >= 11 is 0. The molecule has 4 heteroatoms. The molecule has 1 heterocycles. The van der Waals surface area contributed by atoms with Crippen LogP contribution in [-0.4, -0.2) is 29.0 Å². The van der Waals surface area contributed by atoms with Crippen LogP contribution in [0.4, 0.5) is 4.79 Å². The van der Waals surface area contributed by atoms with Crippen LogP contribution in [0.5, 0.6) is 0 Å². The molecular formula is C9H15NO3. The quantitative estimate of drug-likeness (QED) is 0.653. The van der Waals surface area contributed by atoms with Crippen LogP contribution >= 0.6 is 0 Å². The monoisotopic (exact) mass is 185 g/mol. The summed E-state index contributed by atoms with van der Waals surface area (Å²) in [5, 5.41) is 0. The van der Waals surface area contributed by atoms with Crippen molar-refractivity contribution < 1.29 is 14.3 Å². The van der Waals surface area contributed by atoms with E-state index in [1.165, 1.54) is 4.90 Å².